The van der Waals surface area contributed by atoms with Gasteiger partial charge in [0.05, 0.1) is 79.2 Å². The fourth-order valence-corrected chi connectivity index (χ4v) is 2.26. The van der Waals surface area contributed by atoms with E-state index in [1.54, 1.807) is 0 Å². The molecule has 0 N–H and O–H groups in total. The first-order valence-corrected chi connectivity index (χ1v) is 10.3. The maximum atomic E-state index is 11.3. The summed E-state index contributed by atoms with van der Waals surface area (Å²) in [6.07, 6.45) is 4.75. The second kappa shape index (κ2) is 18.7. The molecule has 1 rings (SSSR count). The van der Waals surface area contributed by atoms with Gasteiger partial charge in [-0.2, -0.15) is 0 Å². The first kappa shape index (κ1) is 25.7. The van der Waals surface area contributed by atoms with Gasteiger partial charge in [-0.05, 0) is 6.42 Å². The summed E-state index contributed by atoms with van der Waals surface area (Å²) in [7, 11) is 0. The minimum absolute atomic E-state index is 0.256. The summed E-state index contributed by atoms with van der Waals surface area (Å²) >= 11 is 0. The van der Waals surface area contributed by atoms with Gasteiger partial charge in [-0.25, -0.2) is 0 Å². The van der Waals surface area contributed by atoms with Gasteiger partial charge in [-0.15, -0.1) is 0 Å². The molecular weight excluding hydrogens is 382 g/mol. The van der Waals surface area contributed by atoms with Crippen molar-refractivity contribution < 1.29 is 38.0 Å². The Morgan fingerprint density at radius 2 is 0.931 bits per heavy atom. The van der Waals surface area contributed by atoms with Crippen LogP contribution >= 0.6 is 0 Å². The molecule has 0 radical (unpaired) electrons. The van der Waals surface area contributed by atoms with E-state index in [0.29, 0.717) is 72.7 Å². The molecule has 1 aliphatic heterocycles. The molecule has 0 bridgehead atoms. The van der Waals surface area contributed by atoms with E-state index in [1.807, 2.05) is 0 Å². The second-order valence-electron chi connectivity index (χ2n) is 6.19. The van der Waals surface area contributed by atoms with Gasteiger partial charge in [-0.3, -0.25) is 14.5 Å². The van der Waals surface area contributed by atoms with Gasteiger partial charge in [0, 0.05) is 18.8 Å². The SMILES string of the molecule is CCCCOCCOCCOCCOCCOCCOCCN1C(=O)C=CC1=O. The van der Waals surface area contributed by atoms with Gasteiger partial charge in [0.2, 0.25) is 0 Å². The number of unbranched alkanes of at least 4 members (excludes halogenated alkanes) is 1. The Kier molecular flexibility index (Phi) is 16.5. The molecule has 0 fully saturated rings. The highest BCUT2D eigenvalue weighted by atomic mass is 16.6. The van der Waals surface area contributed by atoms with E-state index >= 15 is 0 Å². The smallest absolute Gasteiger partial charge is 0.253 e. The van der Waals surface area contributed by atoms with E-state index < -0.39 is 0 Å². The van der Waals surface area contributed by atoms with E-state index in [-0.39, 0.29) is 18.4 Å². The molecule has 0 atom stereocenters. The van der Waals surface area contributed by atoms with Crippen molar-refractivity contribution in [1.82, 2.24) is 4.90 Å². The number of rotatable bonds is 21. The summed E-state index contributed by atoms with van der Waals surface area (Å²) < 4.78 is 32.3. The molecule has 2 amide bonds. The lowest BCUT2D eigenvalue weighted by Crippen LogP contribution is -2.33. The van der Waals surface area contributed by atoms with Crippen LogP contribution in [0.3, 0.4) is 0 Å². The van der Waals surface area contributed by atoms with Gasteiger partial charge >= 0.3 is 0 Å². The normalized spacial score (nSPS) is 13.8. The topological polar surface area (TPSA) is 92.8 Å². The van der Waals surface area contributed by atoms with Gasteiger partial charge < -0.3 is 28.4 Å². The summed E-state index contributed by atoms with van der Waals surface area (Å²) in [5.74, 6) is -0.591. The average Bonchev–Trinajstić information content (AvgIpc) is 3.04. The average molecular weight is 417 g/mol. The molecule has 0 aromatic carbocycles. The standard InChI is InChI=1S/C20H35NO8/c1-2-3-7-24-9-11-26-13-15-28-17-18-29-16-14-27-12-10-25-8-6-21-19(22)4-5-20(21)23/h4-5H,2-3,6-18H2,1H3. The Bertz CT molecular complexity index is 440. The third kappa shape index (κ3) is 14.3. The zero-order chi connectivity index (χ0) is 21.0. The van der Waals surface area contributed by atoms with Crippen LogP contribution < -0.4 is 0 Å². The summed E-state index contributed by atoms with van der Waals surface area (Å²) in [4.78, 5) is 23.8. The van der Waals surface area contributed by atoms with Crippen molar-refractivity contribution in [2.75, 3.05) is 85.8 Å². The minimum Gasteiger partial charge on any atom is -0.379 e. The first-order chi connectivity index (χ1) is 14.3. The minimum atomic E-state index is -0.295. The van der Waals surface area contributed by atoms with Gasteiger partial charge in [0.15, 0.2) is 0 Å². The predicted molar refractivity (Wildman–Crippen MR) is 106 cm³/mol. The van der Waals surface area contributed by atoms with Crippen molar-refractivity contribution in [2.45, 2.75) is 19.8 Å². The van der Waals surface area contributed by atoms with E-state index in [9.17, 15) is 9.59 Å². The number of imide groups is 1. The number of ether oxygens (including phenoxy) is 6. The van der Waals surface area contributed by atoms with Crippen LogP contribution in [0.2, 0.25) is 0 Å². The fourth-order valence-electron chi connectivity index (χ4n) is 2.26. The molecule has 9 heteroatoms. The van der Waals surface area contributed by atoms with Crippen molar-refractivity contribution in [1.29, 1.82) is 0 Å². The number of nitrogens with zero attached hydrogens (tertiary/aromatic N) is 1. The Morgan fingerprint density at radius 1 is 0.586 bits per heavy atom. The number of carbonyl (C=O) groups is 2. The molecule has 0 aromatic heterocycles. The van der Waals surface area contributed by atoms with Crippen molar-refractivity contribution in [3.8, 4) is 0 Å². The molecule has 9 nitrogen and oxygen atoms in total. The van der Waals surface area contributed by atoms with E-state index in [0.717, 1.165) is 24.3 Å². The summed E-state index contributed by atoms with van der Waals surface area (Å²) in [6.45, 7) is 8.60. The van der Waals surface area contributed by atoms with Crippen molar-refractivity contribution >= 4 is 11.8 Å². The molecular formula is C20H35NO8. The van der Waals surface area contributed by atoms with Crippen LogP contribution in [-0.4, -0.2) is 103 Å². The van der Waals surface area contributed by atoms with E-state index in [4.69, 9.17) is 28.4 Å². The lowest BCUT2D eigenvalue weighted by Gasteiger charge is -2.13. The van der Waals surface area contributed by atoms with E-state index in [1.165, 1.54) is 12.2 Å². The Hall–Kier alpha value is -1.36. The maximum Gasteiger partial charge on any atom is 0.253 e. The summed E-state index contributed by atoms with van der Waals surface area (Å²) in [5.41, 5.74) is 0. The van der Waals surface area contributed by atoms with Crippen LogP contribution in [0.15, 0.2) is 12.2 Å². The largest absolute Gasteiger partial charge is 0.379 e. The molecule has 0 aliphatic carbocycles. The van der Waals surface area contributed by atoms with Gasteiger partial charge in [0.1, 0.15) is 0 Å². The van der Waals surface area contributed by atoms with E-state index in [2.05, 4.69) is 6.92 Å². The summed E-state index contributed by atoms with van der Waals surface area (Å²) in [6, 6.07) is 0. The molecule has 1 aliphatic rings. The van der Waals surface area contributed by atoms with Gasteiger partial charge in [0.25, 0.3) is 11.8 Å². The van der Waals surface area contributed by atoms with Crippen molar-refractivity contribution in [3.05, 3.63) is 12.2 Å². The maximum absolute atomic E-state index is 11.3. The lowest BCUT2D eigenvalue weighted by molar-refractivity contribution is -0.137. The van der Waals surface area contributed by atoms with Crippen LogP contribution in [0.5, 0.6) is 0 Å². The molecule has 0 saturated heterocycles. The molecule has 168 valence electrons. The summed E-state index contributed by atoms with van der Waals surface area (Å²) in [5, 5.41) is 0. The van der Waals surface area contributed by atoms with Crippen LogP contribution in [-0.2, 0) is 38.0 Å². The third-order valence-corrected chi connectivity index (χ3v) is 3.86. The predicted octanol–water partition coefficient (Wildman–Crippen LogP) is 0.811. The Balaban J connectivity index is 1.69. The number of amides is 2. The fraction of sp³-hybridized carbons (Fsp3) is 0.800. The first-order valence-electron chi connectivity index (χ1n) is 10.3. The molecule has 0 saturated carbocycles. The highest BCUT2D eigenvalue weighted by Crippen LogP contribution is 2.02. The Labute approximate surface area is 173 Å². The lowest BCUT2D eigenvalue weighted by atomic mass is 10.4. The monoisotopic (exact) mass is 417 g/mol. The van der Waals surface area contributed by atoms with Gasteiger partial charge in [-0.1, -0.05) is 13.3 Å². The number of carbonyl (C=O) groups excluding carboxylic acids is 2. The third-order valence-electron chi connectivity index (χ3n) is 3.86. The second-order valence-corrected chi connectivity index (χ2v) is 6.19. The van der Waals surface area contributed by atoms with Crippen LogP contribution in [0.1, 0.15) is 19.8 Å². The molecule has 29 heavy (non-hydrogen) atoms. The highest BCUT2D eigenvalue weighted by molar-refractivity contribution is 6.12. The quantitative estimate of drug-likeness (QED) is 0.200. The van der Waals surface area contributed by atoms with Crippen molar-refractivity contribution in [3.63, 3.8) is 0 Å². The van der Waals surface area contributed by atoms with Crippen LogP contribution in [0, 0.1) is 0 Å². The zero-order valence-electron chi connectivity index (χ0n) is 17.5. The Morgan fingerprint density at radius 3 is 1.31 bits per heavy atom. The highest BCUT2D eigenvalue weighted by Gasteiger charge is 2.22. The molecule has 1 heterocycles. The molecule has 0 aromatic rings. The van der Waals surface area contributed by atoms with Crippen LogP contribution in [0.25, 0.3) is 0 Å². The number of hydrogen-bond donors (Lipinski definition) is 0. The zero-order valence-corrected chi connectivity index (χ0v) is 17.5. The number of hydrogen-bond acceptors (Lipinski definition) is 8. The van der Waals surface area contributed by atoms with Crippen molar-refractivity contribution in [2.24, 2.45) is 0 Å². The molecule has 0 unspecified atom stereocenters. The van der Waals surface area contributed by atoms with Crippen LogP contribution in [0.4, 0.5) is 0 Å². The molecule has 0 spiro atoms.